The Kier molecular flexibility index (Phi) is 3.98. The van der Waals surface area contributed by atoms with E-state index in [2.05, 4.69) is 5.48 Å². The SMILES string of the molecule is CCONC(=O)N1CCC[C@H](O)C1. The van der Waals surface area contributed by atoms with Crippen molar-refractivity contribution in [2.45, 2.75) is 25.9 Å². The molecule has 2 amide bonds. The number of urea groups is 1. The third-order valence-corrected chi connectivity index (χ3v) is 1.99. The topological polar surface area (TPSA) is 61.8 Å². The first-order valence-electron chi connectivity index (χ1n) is 4.58. The van der Waals surface area contributed by atoms with E-state index in [0.717, 1.165) is 12.8 Å². The molecule has 1 fully saturated rings. The van der Waals surface area contributed by atoms with Gasteiger partial charge in [0.2, 0.25) is 0 Å². The van der Waals surface area contributed by atoms with Crippen LogP contribution in [0.15, 0.2) is 0 Å². The molecule has 13 heavy (non-hydrogen) atoms. The van der Waals surface area contributed by atoms with Crippen LogP contribution in [0.25, 0.3) is 0 Å². The van der Waals surface area contributed by atoms with Gasteiger partial charge >= 0.3 is 6.03 Å². The summed E-state index contributed by atoms with van der Waals surface area (Å²) < 4.78 is 0. The summed E-state index contributed by atoms with van der Waals surface area (Å²) in [5.74, 6) is 0. The van der Waals surface area contributed by atoms with E-state index in [-0.39, 0.29) is 12.1 Å². The van der Waals surface area contributed by atoms with E-state index in [1.165, 1.54) is 0 Å². The van der Waals surface area contributed by atoms with Crippen LogP contribution in [-0.4, -0.2) is 41.8 Å². The Morgan fingerprint density at radius 1 is 1.77 bits per heavy atom. The van der Waals surface area contributed by atoms with Gasteiger partial charge in [-0.25, -0.2) is 10.3 Å². The molecule has 0 aromatic carbocycles. The summed E-state index contributed by atoms with van der Waals surface area (Å²) in [4.78, 5) is 17.6. The van der Waals surface area contributed by atoms with Gasteiger partial charge in [-0.3, -0.25) is 4.84 Å². The lowest BCUT2D eigenvalue weighted by molar-refractivity contribution is 0.0360. The minimum Gasteiger partial charge on any atom is -0.391 e. The standard InChI is InChI=1S/C8H16N2O3/c1-2-13-9-8(12)10-5-3-4-7(11)6-10/h7,11H,2-6H2,1H3,(H,9,12)/t7-/m0/s1. The number of hydrogen-bond acceptors (Lipinski definition) is 3. The monoisotopic (exact) mass is 188 g/mol. The molecular weight excluding hydrogens is 172 g/mol. The van der Waals surface area contributed by atoms with Crippen LogP contribution in [0.3, 0.4) is 0 Å². The van der Waals surface area contributed by atoms with Crippen molar-refractivity contribution in [1.82, 2.24) is 10.4 Å². The third-order valence-electron chi connectivity index (χ3n) is 1.99. The number of β-amino-alcohol motifs (C(OH)–C–C–N with tert-alkyl or cyclic N) is 1. The molecule has 1 saturated heterocycles. The van der Waals surface area contributed by atoms with Crippen molar-refractivity contribution in [2.75, 3.05) is 19.7 Å². The van der Waals surface area contributed by atoms with Crippen LogP contribution in [0, 0.1) is 0 Å². The van der Waals surface area contributed by atoms with Crippen molar-refractivity contribution in [2.24, 2.45) is 0 Å². The number of likely N-dealkylation sites (tertiary alicyclic amines) is 1. The van der Waals surface area contributed by atoms with Gasteiger partial charge in [0.1, 0.15) is 0 Å². The Balaban J connectivity index is 2.28. The quantitative estimate of drug-likeness (QED) is 0.604. The molecule has 1 rings (SSSR count). The summed E-state index contributed by atoms with van der Waals surface area (Å²) in [5, 5.41) is 9.29. The smallest absolute Gasteiger partial charge is 0.341 e. The lowest BCUT2D eigenvalue weighted by Crippen LogP contribution is -2.47. The van der Waals surface area contributed by atoms with Gasteiger partial charge in [-0.15, -0.1) is 0 Å². The predicted molar refractivity (Wildman–Crippen MR) is 47.0 cm³/mol. The van der Waals surface area contributed by atoms with Crippen molar-refractivity contribution < 1.29 is 14.7 Å². The summed E-state index contributed by atoms with van der Waals surface area (Å²) in [6.45, 7) is 3.34. The highest BCUT2D eigenvalue weighted by Crippen LogP contribution is 2.09. The van der Waals surface area contributed by atoms with Crippen LogP contribution in [0.2, 0.25) is 0 Å². The molecule has 5 nitrogen and oxygen atoms in total. The summed E-state index contributed by atoms with van der Waals surface area (Å²) in [6, 6.07) is -0.263. The lowest BCUT2D eigenvalue weighted by atomic mass is 10.1. The van der Waals surface area contributed by atoms with E-state index in [1.807, 2.05) is 0 Å². The van der Waals surface area contributed by atoms with Crippen LogP contribution in [-0.2, 0) is 4.84 Å². The van der Waals surface area contributed by atoms with Gasteiger partial charge in [0, 0.05) is 13.1 Å². The van der Waals surface area contributed by atoms with Gasteiger partial charge in [0.25, 0.3) is 0 Å². The molecule has 1 aliphatic heterocycles. The number of amides is 2. The van der Waals surface area contributed by atoms with Crippen LogP contribution >= 0.6 is 0 Å². The molecule has 5 heteroatoms. The van der Waals surface area contributed by atoms with Gasteiger partial charge in [0.15, 0.2) is 0 Å². The molecule has 0 aromatic rings. The van der Waals surface area contributed by atoms with Crippen LogP contribution in [0.5, 0.6) is 0 Å². The molecule has 0 spiro atoms. The first-order valence-corrected chi connectivity index (χ1v) is 4.58. The highest BCUT2D eigenvalue weighted by atomic mass is 16.7. The molecule has 0 radical (unpaired) electrons. The Morgan fingerprint density at radius 2 is 2.54 bits per heavy atom. The molecule has 0 aromatic heterocycles. The van der Waals surface area contributed by atoms with E-state index in [1.54, 1.807) is 11.8 Å². The van der Waals surface area contributed by atoms with Crippen LogP contribution < -0.4 is 5.48 Å². The predicted octanol–water partition coefficient (Wildman–Crippen LogP) is 0.104. The fraction of sp³-hybridized carbons (Fsp3) is 0.875. The normalized spacial score (nSPS) is 22.9. The zero-order chi connectivity index (χ0) is 9.68. The van der Waals surface area contributed by atoms with Gasteiger partial charge in [-0.2, -0.15) is 0 Å². The number of nitrogens with zero attached hydrogens (tertiary/aromatic N) is 1. The number of hydroxylamine groups is 1. The highest BCUT2D eigenvalue weighted by Gasteiger charge is 2.21. The lowest BCUT2D eigenvalue weighted by Gasteiger charge is -2.29. The van der Waals surface area contributed by atoms with Gasteiger partial charge < -0.3 is 10.0 Å². The first kappa shape index (κ1) is 10.3. The van der Waals surface area contributed by atoms with Gasteiger partial charge in [-0.1, -0.05) is 0 Å². The Bertz CT molecular complexity index is 175. The fourth-order valence-electron chi connectivity index (χ4n) is 1.34. The third kappa shape index (κ3) is 3.20. The van der Waals surface area contributed by atoms with Gasteiger partial charge in [-0.05, 0) is 19.8 Å². The molecule has 1 atom stereocenters. The molecular formula is C8H16N2O3. The summed E-state index contributed by atoms with van der Waals surface area (Å²) in [6.07, 6.45) is 1.24. The average molecular weight is 188 g/mol. The van der Waals surface area contributed by atoms with Gasteiger partial charge in [0.05, 0.1) is 12.7 Å². The van der Waals surface area contributed by atoms with Crippen molar-refractivity contribution in [3.05, 3.63) is 0 Å². The van der Waals surface area contributed by atoms with Crippen molar-refractivity contribution >= 4 is 6.03 Å². The number of nitrogens with one attached hydrogen (secondary N) is 1. The van der Waals surface area contributed by atoms with E-state index in [9.17, 15) is 9.90 Å². The Morgan fingerprint density at radius 3 is 3.15 bits per heavy atom. The van der Waals surface area contributed by atoms with E-state index >= 15 is 0 Å². The Labute approximate surface area is 77.6 Å². The second-order valence-electron chi connectivity index (χ2n) is 3.08. The van der Waals surface area contributed by atoms with E-state index in [4.69, 9.17) is 4.84 Å². The first-order chi connectivity index (χ1) is 6.24. The zero-order valence-electron chi connectivity index (χ0n) is 7.82. The van der Waals surface area contributed by atoms with Crippen molar-refractivity contribution in [3.8, 4) is 0 Å². The summed E-state index contributed by atoms with van der Waals surface area (Å²) in [7, 11) is 0. The molecule has 0 bridgehead atoms. The molecule has 1 aliphatic rings. The molecule has 2 N–H and O–H groups in total. The van der Waals surface area contributed by atoms with Crippen LogP contribution in [0.4, 0.5) is 4.79 Å². The van der Waals surface area contributed by atoms with Crippen molar-refractivity contribution in [3.63, 3.8) is 0 Å². The second kappa shape index (κ2) is 5.04. The largest absolute Gasteiger partial charge is 0.391 e. The maximum atomic E-state index is 11.3. The van der Waals surface area contributed by atoms with E-state index in [0.29, 0.717) is 19.7 Å². The average Bonchev–Trinajstić information content (AvgIpc) is 2.14. The minimum absolute atomic E-state index is 0.263. The maximum absolute atomic E-state index is 11.3. The number of piperidine rings is 1. The molecule has 1 heterocycles. The number of rotatable bonds is 2. The second-order valence-corrected chi connectivity index (χ2v) is 3.08. The Hall–Kier alpha value is -0.810. The zero-order valence-corrected chi connectivity index (χ0v) is 7.82. The van der Waals surface area contributed by atoms with Crippen molar-refractivity contribution in [1.29, 1.82) is 0 Å². The minimum atomic E-state index is -0.388. The molecule has 0 saturated carbocycles. The summed E-state index contributed by atoms with van der Waals surface area (Å²) >= 11 is 0. The molecule has 0 aliphatic carbocycles. The number of hydrogen-bond donors (Lipinski definition) is 2. The molecule has 0 unspecified atom stereocenters. The number of aliphatic hydroxyl groups excluding tert-OH is 1. The number of aliphatic hydroxyl groups is 1. The number of carbonyl (C=O) groups excluding carboxylic acids is 1. The fourth-order valence-corrected chi connectivity index (χ4v) is 1.34. The number of carbonyl (C=O) groups is 1. The highest BCUT2D eigenvalue weighted by molar-refractivity contribution is 5.73. The van der Waals surface area contributed by atoms with E-state index < -0.39 is 0 Å². The summed E-state index contributed by atoms with van der Waals surface area (Å²) in [5.41, 5.74) is 2.30. The molecule has 76 valence electrons. The maximum Gasteiger partial charge on any atom is 0.341 e. The van der Waals surface area contributed by atoms with Crippen LogP contribution in [0.1, 0.15) is 19.8 Å².